The fraction of sp³-hybridized carbons (Fsp3) is 0.923. The van der Waals surface area contributed by atoms with E-state index >= 15 is 0 Å². The summed E-state index contributed by atoms with van der Waals surface area (Å²) < 4.78 is 5.58. The first-order chi connectivity index (χ1) is 7.68. The van der Waals surface area contributed by atoms with Gasteiger partial charge in [-0.05, 0) is 33.2 Å². The normalized spacial score (nSPS) is 35.9. The summed E-state index contributed by atoms with van der Waals surface area (Å²) in [7, 11) is 2.14. The molecule has 0 amide bonds. The molecule has 3 unspecified atom stereocenters. The van der Waals surface area contributed by atoms with Crippen LogP contribution in [0.15, 0.2) is 0 Å². The van der Waals surface area contributed by atoms with Crippen molar-refractivity contribution in [1.82, 2.24) is 4.90 Å². The zero-order chi connectivity index (χ0) is 11.5. The SMILES string of the molecule is CC1OCCC1N(C)CC1CCCCC1=O. The van der Waals surface area contributed by atoms with Crippen molar-refractivity contribution < 1.29 is 9.53 Å². The number of nitrogens with zero attached hydrogens (tertiary/aromatic N) is 1. The Morgan fingerprint density at radius 1 is 1.38 bits per heavy atom. The summed E-state index contributed by atoms with van der Waals surface area (Å²) >= 11 is 0. The molecule has 2 rings (SSSR count). The monoisotopic (exact) mass is 225 g/mol. The second-order valence-electron chi connectivity index (χ2n) is 5.28. The van der Waals surface area contributed by atoms with Gasteiger partial charge in [-0.25, -0.2) is 0 Å². The maximum absolute atomic E-state index is 11.8. The zero-order valence-electron chi connectivity index (χ0n) is 10.4. The summed E-state index contributed by atoms with van der Waals surface area (Å²) in [6.45, 7) is 3.93. The summed E-state index contributed by atoms with van der Waals surface area (Å²) in [6, 6.07) is 0.509. The Morgan fingerprint density at radius 2 is 2.19 bits per heavy atom. The lowest BCUT2D eigenvalue weighted by Gasteiger charge is -2.31. The van der Waals surface area contributed by atoms with Crippen LogP contribution in [0, 0.1) is 5.92 Å². The lowest BCUT2D eigenvalue weighted by atomic mass is 9.87. The molecular weight excluding hydrogens is 202 g/mol. The van der Waals surface area contributed by atoms with E-state index in [1.165, 1.54) is 6.42 Å². The van der Waals surface area contributed by atoms with Crippen molar-refractivity contribution in [3.05, 3.63) is 0 Å². The second kappa shape index (κ2) is 5.28. The van der Waals surface area contributed by atoms with Crippen LogP contribution < -0.4 is 0 Å². The van der Waals surface area contributed by atoms with E-state index in [1.807, 2.05) is 0 Å². The Bertz CT molecular complexity index is 254. The number of ether oxygens (including phenoxy) is 1. The predicted octanol–water partition coefficient (Wildman–Crippen LogP) is 1.85. The standard InChI is InChI=1S/C13H23NO2/c1-10-12(7-8-16-10)14(2)9-11-5-3-4-6-13(11)15/h10-12H,3-9H2,1-2H3. The van der Waals surface area contributed by atoms with E-state index in [2.05, 4.69) is 18.9 Å². The number of likely N-dealkylation sites (N-methyl/N-ethyl adjacent to an activating group) is 1. The van der Waals surface area contributed by atoms with Gasteiger partial charge >= 0.3 is 0 Å². The summed E-state index contributed by atoms with van der Waals surface area (Å²) in [5, 5.41) is 0. The lowest BCUT2D eigenvalue weighted by Crippen LogP contribution is -2.41. The van der Waals surface area contributed by atoms with Crippen LogP contribution in [0.4, 0.5) is 0 Å². The Balaban J connectivity index is 1.85. The zero-order valence-corrected chi connectivity index (χ0v) is 10.4. The number of hydrogen-bond acceptors (Lipinski definition) is 3. The van der Waals surface area contributed by atoms with Gasteiger partial charge in [-0.1, -0.05) is 6.42 Å². The summed E-state index contributed by atoms with van der Waals surface area (Å²) in [6.07, 6.45) is 5.64. The maximum Gasteiger partial charge on any atom is 0.137 e. The minimum Gasteiger partial charge on any atom is -0.377 e. The smallest absolute Gasteiger partial charge is 0.137 e. The molecule has 2 aliphatic rings. The Labute approximate surface area is 98.1 Å². The molecule has 1 aliphatic carbocycles. The highest BCUT2D eigenvalue weighted by Gasteiger charge is 2.31. The van der Waals surface area contributed by atoms with Crippen molar-refractivity contribution in [2.75, 3.05) is 20.2 Å². The molecule has 0 aromatic heterocycles. The highest BCUT2D eigenvalue weighted by Crippen LogP contribution is 2.24. The summed E-state index contributed by atoms with van der Waals surface area (Å²) in [5.74, 6) is 0.760. The first kappa shape index (κ1) is 12.1. The van der Waals surface area contributed by atoms with Crippen molar-refractivity contribution in [2.45, 2.75) is 51.2 Å². The molecule has 0 spiro atoms. The number of rotatable bonds is 3. The molecule has 1 saturated carbocycles. The van der Waals surface area contributed by atoms with Crippen LogP contribution in [0.3, 0.4) is 0 Å². The van der Waals surface area contributed by atoms with Crippen molar-refractivity contribution in [1.29, 1.82) is 0 Å². The van der Waals surface area contributed by atoms with Gasteiger partial charge < -0.3 is 9.64 Å². The topological polar surface area (TPSA) is 29.5 Å². The van der Waals surface area contributed by atoms with Crippen LogP contribution in [-0.4, -0.2) is 43.0 Å². The van der Waals surface area contributed by atoms with Gasteiger partial charge in [0.05, 0.1) is 6.10 Å². The second-order valence-corrected chi connectivity index (χ2v) is 5.28. The van der Waals surface area contributed by atoms with Crippen LogP contribution in [0.2, 0.25) is 0 Å². The molecule has 0 aromatic carbocycles. The first-order valence-electron chi connectivity index (χ1n) is 6.53. The van der Waals surface area contributed by atoms with Gasteiger partial charge in [-0.3, -0.25) is 4.79 Å². The average molecular weight is 225 g/mol. The Morgan fingerprint density at radius 3 is 2.81 bits per heavy atom. The fourth-order valence-corrected chi connectivity index (χ4v) is 3.03. The number of hydrogen-bond donors (Lipinski definition) is 0. The van der Waals surface area contributed by atoms with E-state index in [4.69, 9.17) is 4.74 Å². The quantitative estimate of drug-likeness (QED) is 0.734. The van der Waals surface area contributed by atoms with Crippen molar-refractivity contribution in [2.24, 2.45) is 5.92 Å². The summed E-state index contributed by atoms with van der Waals surface area (Å²) in [5.41, 5.74) is 0. The van der Waals surface area contributed by atoms with Crippen molar-refractivity contribution in [3.8, 4) is 0 Å². The predicted molar refractivity (Wildman–Crippen MR) is 63.4 cm³/mol. The van der Waals surface area contributed by atoms with Gasteiger partial charge in [-0.2, -0.15) is 0 Å². The number of carbonyl (C=O) groups excluding carboxylic acids is 1. The third kappa shape index (κ3) is 2.64. The first-order valence-corrected chi connectivity index (χ1v) is 6.53. The van der Waals surface area contributed by atoms with Crippen molar-refractivity contribution >= 4 is 5.78 Å². The number of Topliss-reactive ketones (excluding diaryl/α,β-unsaturated/α-hetero) is 1. The maximum atomic E-state index is 11.8. The fourth-order valence-electron chi connectivity index (χ4n) is 3.03. The molecule has 0 radical (unpaired) electrons. The van der Waals surface area contributed by atoms with Crippen LogP contribution in [0.25, 0.3) is 0 Å². The van der Waals surface area contributed by atoms with Crippen LogP contribution in [-0.2, 0) is 9.53 Å². The molecule has 3 nitrogen and oxygen atoms in total. The van der Waals surface area contributed by atoms with Gasteiger partial charge in [0, 0.05) is 31.5 Å². The molecule has 3 atom stereocenters. The largest absolute Gasteiger partial charge is 0.377 e. The average Bonchev–Trinajstić information content (AvgIpc) is 2.68. The van der Waals surface area contributed by atoms with E-state index in [0.29, 0.717) is 17.9 Å². The summed E-state index contributed by atoms with van der Waals surface area (Å²) in [4.78, 5) is 14.1. The Kier molecular flexibility index (Phi) is 3.98. The van der Waals surface area contributed by atoms with Gasteiger partial charge in [0.2, 0.25) is 0 Å². The number of ketones is 1. The van der Waals surface area contributed by atoms with E-state index in [9.17, 15) is 4.79 Å². The highest BCUT2D eigenvalue weighted by molar-refractivity contribution is 5.81. The molecule has 0 aromatic rings. The van der Waals surface area contributed by atoms with Gasteiger partial charge in [0.15, 0.2) is 0 Å². The van der Waals surface area contributed by atoms with E-state index < -0.39 is 0 Å². The highest BCUT2D eigenvalue weighted by atomic mass is 16.5. The van der Waals surface area contributed by atoms with Crippen molar-refractivity contribution in [3.63, 3.8) is 0 Å². The van der Waals surface area contributed by atoms with Crippen LogP contribution in [0.1, 0.15) is 39.0 Å². The minimum atomic E-state index is 0.284. The minimum absolute atomic E-state index is 0.284. The van der Waals surface area contributed by atoms with E-state index in [0.717, 1.165) is 38.8 Å². The third-order valence-corrected chi connectivity index (χ3v) is 4.09. The molecule has 1 saturated heterocycles. The van der Waals surface area contributed by atoms with Gasteiger partial charge in [0.25, 0.3) is 0 Å². The molecular formula is C13H23NO2. The van der Waals surface area contributed by atoms with Gasteiger partial charge in [-0.15, -0.1) is 0 Å². The lowest BCUT2D eigenvalue weighted by molar-refractivity contribution is -0.125. The molecule has 0 N–H and O–H groups in total. The molecule has 2 fully saturated rings. The Hall–Kier alpha value is -0.410. The van der Waals surface area contributed by atoms with Gasteiger partial charge in [0.1, 0.15) is 5.78 Å². The molecule has 1 heterocycles. The van der Waals surface area contributed by atoms with Crippen LogP contribution >= 0.6 is 0 Å². The third-order valence-electron chi connectivity index (χ3n) is 4.09. The molecule has 0 bridgehead atoms. The molecule has 1 aliphatic heterocycles. The molecule has 16 heavy (non-hydrogen) atoms. The number of carbonyl (C=O) groups is 1. The van der Waals surface area contributed by atoms with E-state index in [1.54, 1.807) is 0 Å². The molecule has 92 valence electrons. The molecule has 3 heteroatoms. The van der Waals surface area contributed by atoms with Crippen LogP contribution in [0.5, 0.6) is 0 Å². The van der Waals surface area contributed by atoms with E-state index in [-0.39, 0.29) is 5.92 Å².